The number of carbonyl (C=O) groups is 1. The van der Waals surface area contributed by atoms with Gasteiger partial charge in [-0.05, 0) is 69.3 Å². The first-order valence-corrected chi connectivity index (χ1v) is 12.6. The molecule has 3 N–H and O–H groups in total. The molecule has 10 heteroatoms. The summed E-state index contributed by atoms with van der Waals surface area (Å²) in [5.74, 6) is -0.0979. The molecule has 9 nitrogen and oxygen atoms in total. The largest absolute Gasteiger partial charge is 0.489 e. The number of fused-ring (bicyclic) bond motifs is 1. The topological polar surface area (TPSA) is 121 Å². The number of rotatable bonds is 9. The maximum absolute atomic E-state index is 12.8. The molecule has 1 saturated heterocycles. The zero-order valence-electron chi connectivity index (χ0n) is 18.9. The lowest BCUT2D eigenvalue weighted by molar-refractivity contribution is -0.134. The number of likely N-dealkylation sites (tertiary alicyclic amines) is 1. The summed E-state index contributed by atoms with van der Waals surface area (Å²) in [7, 11) is -3.85. The molecule has 2 heterocycles. The molecule has 0 bridgehead atoms. The van der Waals surface area contributed by atoms with Crippen LogP contribution >= 0.6 is 0 Å². The molecule has 0 spiro atoms. The van der Waals surface area contributed by atoms with Crippen LogP contribution in [0.3, 0.4) is 0 Å². The Balaban J connectivity index is 1.41. The fourth-order valence-corrected chi connectivity index (χ4v) is 5.22. The van der Waals surface area contributed by atoms with E-state index in [0.29, 0.717) is 25.4 Å². The number of benzene rings is 2. The Bertz CT molecular complexity index is 1260. The molecule has 1 aliphatic rings. The highest BCUT2D eigenvalue weighted by molar-refractivity contribution is 7.89. The molecule has 3 aromatic rings. The van der Waals surface area contributed by atoms with Crippen molar-refractivity contribution in [3.05, 3.63) is 65.9 Å². The average molecular weight is 485 g/mol. The molecule has 0 saturated carbocycles. The maximum atomic E-state index is 12.8. The fraction of sp³-hybridized carbons (Fsp3) is 0.333. The van der Waals surface area contributed by atoms with Gasteiger partial charge in [-0.25, -0.2) is 18.6 Å². The summed E-state index contributed by atoms with van der Waals surface area (Å²) >= 11 is 0. The molecular weight excluding hydrogens is 456 g/mol. The normalized spacial score (nSPS) is 15.4. The second-order valence-corrected chi connectivity index (χ2v) is 10.1. The lowest BCUT2D eigenvalue weighted by Crippen LogP contribution is -2.51. The van der Waals surface area contributed by atoms with Gasteiger partial charge in [-0.1, -0.05) is 18.2 Å². The van der Waals surface area contributed by atoms with Gasteiger partial charge in [0.1, 0.15) is 18.4 Å². The molecule has 0 aliphatic carbocycles. The number of para-hydroxylation sites is 1. The minimum Gasteiger partial charge on any atom is -0.489 e. The lowest BCUT2D eigenvalue weighted by atomic mass is 10.1. The molecule has 1 fully saturated rings. The maximum Gasteiger partial charge on any atom is 0.262 e. The smallest absolute Gasteiger partial charge is 0.262 e. The number of hydrogen-bond acceptors (Lipinski definition) is 7. The number of sulfonamides is 1. The van der Waals surface area contributed by atoms with Crippen LogP contribution in [0.25, 0.3) is 10.9 Å². The molecular formula is C24H28N4O5S. The van der Waals surface area contributed by atoms with Gasteiger partial charge < -0.3 is 4.74 Å². The van der Waals surface area contributed by atoms with Crippen molar-refractivity contribution < 1.29 is 23.2 Å². The highest BCUT2D eigenvalue weighted by atomic mass is 32.2. The summed E-state index contributed by atoms with van der Waals surface area (Å²) in [5.41, 5.74) is 4.42. The van der Waals surface area contributed by atoms with Crippen LogP contribution in [0.5, 0.6) is 5.75 Å². The van der Waals surface area contributed by atoms with E-state index in [1.54, 1.807) is 17.6 Å². The van der Waals surface area contributed by atoms with Crippen molar-refractivity contribution in [3.63, 3.8) is 0 Å². The summed E-state index contributed by atoms with van der Waals surface area (Å²) in [5, 5.41) is 10.0. The van der Waals surface area contributed by atoms with Crippen molar-refractivity contribution in [2.75, 3.05) is 19.6 Å². The molecule has 1 aliphatic heterocycles. The molecule has 34 heavy (non-hydrogen) atoms. The van der Waals surface area contributed by atoms with Gasteiger partial charge in [-0.3, -0.25) is 19.9 Å². The van der Waals surface area contributed by atoms with Crippen molar-refractivity contribution in [2.45, 2.75) is 37.3 Å². The zero-order valence-corrected chi connectivity index (χ0v) is 19.7. The van der Waals surface area contributed by atoms with Crippen LogP contribution in [0, 0.1) is 6.92 Å². The first-order valence-electron chi connectivity index (χ1n) is 11.1. The van der Waals surface area contributed by atoms with E-state index in [1.165, 1.54) is 12.1 Å². The predicted octanol–water partition coefficient (Wildman–Crippen LogP) is 2.37. The van der Waals surface area contributed by atoms with E-state index < -0.39 is 22.0 Å². The van der Waals surface area contributed by atoms with E-state index in [1.807, 2.05) is 42.2 Å². The highest BCUT2D eigenvalue weighted by Gasteiger charge is 2.29. The van der Waals surface area contributed by atoms with Crippen molar-refractivity contribution in [1.82, 2.24) is 20.1 Å². The summed E-state index contributed by atoms with van der Waals surface area (Å²) in [6, 6.07) is 15.2. The number of amides is 1. The molecule has 2 aromatic carbocycles. The van der Waals surface area contributed by atoms with Gasteiger partial charge in [0.2, 0.25) is 10.0 Å². The third kappa shape index (κ3) is 5.53. The van der Waals surface area contributed by atoms with Gasteiger partial charge >= 0.3 is 0 Å². The van der Waals surface area contributed by atoms with Crippen molar-refractivity contribution >= 4 is 26.8 Å². The Hall–Kier alpha value is -3.05. The Morgan fingerprint density at radius 3 is 2.56 bits per heavy atom. The van der Waals surface area contributed by atoms with E-state index in [2.05, 4.69) is 9.71 Å². The first kappa shape index (κ1) is 24.1. The number of hydrogen-bond donors (Lipinski definition) is 3. The summed E-state index contributed by atoms with van der Waals surface area (Å²) in [6.45, 7) is 3.47. The Morgan fingerprint density at radius 1 is 1.15 bits per heavy atom. The highest BCUT2D eigenvalue weighted by Crippen LogP contribution is 2.22. The number of nitrogens with zero attached hydrogens (tertiary/aromatic N) is 2. The van der Waals surface area contributed by atoms with Crippen molar-refractivity contribution in [3.8, 4) is 5.75 Å². The van der Waals surface area contributed by atoms with Crippen LogP contribution in [0.4, 0.5) is 0 Å². The second-order valence-electron chi connectivity index (χ2n) is 8.29. The molecule has 180 valence electrons. The van der Waals surface area contributed by atoms with E-state index in [9.17, 15) is 13.2 Å². The molecule has 4 rings (SSSR count). The minimum atomic E-state index is -3.85. The molecule has 0 radical (unpaired) electrons. The van der Waals surface area contributed by atoms with Crippen molar-refractivity contribution in [2.24, 2.45) is 0 Å². The molecule has 1 amide bonds. The molecule has 1 aromatic heterocycles. The van der Waals surface area contributed by atoms with Crippen LogP contribution < -0.4 is 14.9 Å². The summed E-state index contributed by atoms with van der Waals surface area (Å²) in [6.07, 6.45) is 1.86. The Labute approximate surface area is 198 Å². The number of carbonyl (C=O) groups excluding carboxylic acids is 1. The van der Waals surface area contributed by atoms with Crippen LogP contribution in [-0.4, -0.2) is 55.1 Å². The molecule has 1 atom stereocenters. The summed E-state index contributed by atoms with van der Waals surface area (Å²) in [4.78, 5) is 18.5. The number of pyridine rings is 1. The van der Waals surface area contributed by atoms with Crippen LogP contribution in [0.2, 0.25) is 0 Å². The lowest BCUT2D eigenvalue weighted by Gasteiger charge is -2.25. The third-order valence-electron chi connectivity index (χ3n) is 5.92. The molecule has 1 unspecified atom stereocenters. The van der Waals surface area contributed by atoms with Crippen molar-refractivity contribution in [1.29, 1.82) is 0 Å². The summed E-state index contributed by atoms with van der Waals surface area (Å²) < 4.78 is 33.9. The number of aromatic nitrogens is 1. The van der Waals surface area contributed by atoms with Gasteiger partial charge in [0, 0.05) is 23.2 Å². The van der Waals surface area contributed by atoms with Gasteiger partial charge in [0.05, 0.1) is 10.4 Å². The number of hydroxylamine groups is 1. The van der Waals surface area contributed by atoms with Gasteiger partial charge in [0.25, 0.3) is 5.91 Å². The predicted molar refractivity (Wildman–Crippen MR) is 127 cm³/mol. The van der Waals surface area contributed by atoms with E-state index in [0.717, 1.165) is 35.0 Å². The van der Waals surface area contributed by atoms with E-state index in [-0.39, 0.29) is 11.4 Å². The standard InChI is InChI=1S/C24H28N4O5S/c1-17-14-18(21-6-2-3-7-22(21)26-17)16-33-19-8-10-20(11-9-19)34(31,32)25-15-23(24(29)27-30)28-12-4-5-13-28/h2-3,6-11,14,23,25,30H,4-5,12-13,15-16H2,1H3,(H,27,29). The Morgan fingerprint density at radius 2 is 1.85 bits per heavy atom. The average Bonchev–Trinajstić information content (AvgIpc) is 3.37. The van der Waals surface area contributed by atoms with E-state index >= 15 is 0 Å². The quantitative estimate of drug-likeness (QED) is 0.315. The fourth-order valence-electron chi connectivity index (χ4n) is 4.18. The van der Waals surface area contributed by atoms with Crippen LogP contribution in [0.15, 0.2) is 59.5 Å². The number of nitrogens with one attached hydrogen (secondary N) is 2. The Kier molecular flexibility index (Phi) is 7.42. The third-order valence-corrected chi connectivity index (χ3v) is 7.36. The van der Waals surface area contributed by atoms with Gasteiger partial charge in [-0.15, -0.1) is 0 Å². The zero-order chi connectivity index (χ0) is 24.1. The minimum absolute atomic E-state index is 0.0645. The number of ether oxygens (including phenoxy) is 1. The van der Waals surface area contributed by atoms with Crippen LogP contribution in [-0.2, 0) is 21.4 Å². The van der Waals surface area contributed by atoms with Crippen LogP contribution in [0.1, 0.15) is 24.1 Å². The van der Waals surface area contributed by atoms with E-state index in [4.69, 9.17) is 9.94 Å². The monoisotopic (exact) mass is 484 g/mol. The SMILES string of the molecule is Cc1cc(COc2ccc(S(=O)(=O)NCC(C(=O)NO)N3CCCC3)cc2)c2ccccc2n1. The number of aryl methyl sites for hydroxylation is 1. The second kappa shape index (κ2) is 10.5. The van der Waals surface area contributed by atoms with Gasteiger partial charge in [-0.2, -0.15) is 0 Å². The first-order chi connectivity index (χ1) is 16.4. The van der Waals surface area contributed by atoms with Gasteiger partial charge in [0.15, 0.2) is 0 Å².